The third-order valence-corrected chi connectivity index (χ3v) is 12.5. The lowest BCUT2D eigenvalue weighted by Gasteiger charge is -2.13. The van der Waals surface area contributed by atoms with E-state index < -0.39 is 0 Å². The second-order valence-corrected chi connectivity index (χ2v) is 15.6. The van der Waals surface area contributed by atoms with Gasteiger partial charge in [0.05, 0.1) is 27.8 Å². The zero-order valence-electron chi connectivity index (χ0n) is 30.7. The molecule has 0 radical (unpaired) electrons. The van der Waals surface area contributed by atoms with Gasteiger partial charge in [-0.3, -0.25) is 4.57 Å². The van der Waals surface area contributed by atoms with E-state index in [9.17, 15) is 0 Å². The van der Waals surface area contributed by atoms with E-state index >= 15 is 0 Å². The number of fused-ring (bicyclic) bond motifs is 11. The number of hydrogen-bond acceptors (Lipinski definition) is 3. The number of para-hydroxylation sites is 2. The summed E-state index contributed by atoms with van der Waals surface area (Å²) in [6.45, 7) is 0. The number of thiophene rings is 1. The summed E-state index contributed by atoms with van der Waals surface area (Å²) in [7, 11) is 0. The van der Waals surface area contributed by atoms with Crippen LogP contribution in [0.1, 0.15) is 0 Å². The van der Waals surface area contributed by atoms with Crippen LogP contribution in [-0.2, 0) is 0 Å². The lowest BCUT2D eigenvalue weighted by Crippen LogP contribution is -2.02. The van der Waals surface area contributed by atoms with E-state index in [4.69, 9.17) is 9.97 Å². The Labute approximate surface area is 332 Å². The molecular weight excluding hydrogens is 713 g/mol. The molecular formula is C52H32N4S. The zero-order valence-corrected chi connectivity index (χ0v) is 31.5. The van der Waals surface area contributed by atoms with Gasteiger partial charge in [-0.25, -0.2) is 9.97 Å². The van der Waals surface area contributed by atoms with Gasteiger partial charge in [0.15, 0.2) is 5.82 Å². The molecule has 0 fully saturated rings. The van der Waals surface area contributed by atoms with Crippen LogP contribution in [0, 0.1) is 0 Å². The molecule has 0 saturated carbocycles. The zero-order chi connectivity index (χ0) is 37.5. The van der Waals surface area contributed by atoms with Crippen LogP contribution in [0.4, 0.5) is 0 Å². The van der Waals surface area contributed by atoms with Gasteiger partial charge in [0, 0.05) is 64.6 Å². The second-order valence-electron chi connectivity index (χ2n) is 14.6. The molecule has 4 heterocycles. The summed E-state index contributed by atoms with van der Waals surface area (Å²) in [4.78, 5) is 10.5. The third-order valence-electron chi connectivity index (χ3n) is 11.3. The van der Waals surface area contributed by atoms with Crippen molar-refractivity contribution < 1.29 is 0 Å². The predicted octanol–water partition coefficient (Wildman–Crippen LogP) is 14.0. The third kappa shape index (κ3) is 4.93. The van der Waals surface area contributed by atoms with E-state index in [0.717, 1.165) is 39.4 Å². The van der Waals surface area contributed by atoms with Gasteiger partial charge in [-0.15, -0.1) is 11.3 Å². The average Bonchev–Trinajstić information content (AvgIpc) is 3.95. The van der Waals surface area contributed by atoms with E-state index in [1.807, 2.05) is 35.6 Å². The Balaban J connectivity index is 1.19. The molecule has 0 aliphatic carbocycles. The summed E-state index contributed by atoms with van der Waals surface area (Å²) in [5, 5.41) is 7.43. The SMILES string of the molecule is c1ccc(-c2ccc(-n3c4ccccc4c4c5c(ccc43)sc3ccc4c6ccccc6n(-c6cc(-c7ccccc7)nc(-c7ccccc7)n6)c4c35)cc2)cc1. The fourth-order valence-electron chi connectivity index (χ4n) is 8.83. The van der Waals surface area contributed by atoms with E-state index in [-0.39, 0.29) is 0 Å². The molecule has 12 rings (SSSR count). The summed E-state index contributed by atoms with van der Waals surface area (Å²) in [5.41, 5.74) is 11.1. The molecule has 57 heavy (non-hydrogen) atoms. The highest BCUT2D eigenvalue weighted by atomic mass is 32.1. The van der Waals surface area contributed by atoms with Gasteiger partial charge in [-0.2, -0.15) is 0 Å². The van der Waals surface area contributed by atoms with Gasteiger partial charge in [0.1, 0.15) is 5.82 Å². The molecule has 8 aromatic carbocycles. The smallest absolute Gasteiger partial charge is 0.162 e. The van der Waals surface area contributed by atoms with Gasteiger partial charge in [0.2, 0.25) is 0 Å². The van der Waals surface area contributed by atoms with Crippen molar-refractivity contribution in [3.05, 3.63) is 194 Å². The minimum atomic E-state index is 0.698. The van der Waals surface area contributed by atoms with E-state index in [1.165, 1.54) is 63.9 Å². The van der Waals surface area contributed by atoms with E-state index in [1.54, 1.807) is 0 Å². The van der Waals surface area contributed by atoms with Crippen LogP contribution >= 0.6 is 11.3 Å². The maximum Gasteiger partial charge on any atom is 0.162 e. The van der Waals surface area contributed by atoms with Crippen molar-refractivity contribution in [1.29, 1.82) is 0 Å². The summed E-state index contributed by atoms with van der Waals surface area (Å²) in [6.07, 6.45) is 0. The van der Waals surface area contributed by atoms with Crippen molar-refractivity contribution in [1.82, 2.24) is 19.1 Å². The van der Waals surface area contributed by atoms with Gasteiger partial charge >= 0.3 is 0 Å². The van der Waals surface area contributed by atoms with Crippen molar-refractivity contribution in [2.24, 2.45) is 0 Å². The minimum absolute atomic E-state index is 0.698. The Morgan fingerprint density at radius 1 is 0.368 bits per heavy atom. The lowest BCUT2D eigenvalue weighted by atomic mass is 10.0. The summed E-state index contributed by atoms with van der Waals surface area (Å²) >= 11 is 1.86. The highest BCUT2D eigenvalue weighted by Gasteiger charge is 2.23. The first-order valence-electron chi connectivity index (χ1n) is 19.3. The van der Waals surface area contributed by atoms with E-state index in [0.29, 0.717) is 5.82 Å². The first-order chi connectivity index (χ1) is 28.3. The van der Waals surface area contributed by atoms with Crippen molar-refractivity contribution in [3.63, 3.8) is 0 Å². The van der Waals surface area contributed by atoms with Gasteiger partial charge < -0.3 is 4.57 Å². The van der Waals surface area contributed by atoms with Crippen molar-refractivity contribution in [2.75, 3.05) is 0 Å². The molecule has 0 spiro atoms. The van der Waals surface area contributed by atoms with Crippen molar-refractivity contribution >= 4 is 75.1 Å². The molecule has 0 bridgehead atoms. The molecule has 0 aliphatic rings. The summed E-state index contributed by atoms with van der Waals surface area (Å²) in [5.74, 6) is 1.54. The highest BCUT2D eigenvalue weighted by molar-refractivity contribution is 7.26. The molecule has 4 aromatic heterocycles. The molecule has 0 aliphatic heterocycles. The normalized spacial score (nSPS) is 11.9. The molecule has 0 atom stereocenters. The van der Waals surface area contributed by atoms with Crippen LogP contribution < -0.4 is 0 Å². The van der Waals surface area contributed by atoms with Crippen molar-refractivity contribution in [2.45, 2.75) is 0 Å². The second kappa shape index (κ2) is 12.6. The quantitative estimate of drug-likeness (QED) is 0.176. The van der Waals surface area contributed by atoms with Crippen molar-refractivity contribution in [3.8, 4) is 45.3 Å². The number of rotatable bonds is 5. The first kappa shape index (κ1) is 32.0. The Morgan fingerprint density at radius 3 is 1.68 bits per heavy atom. The minimum Gasteiger partial charge on any atom is -0.309 e. The Bertz CT molecular complexity index is 3430. The molecule has 12 aromatic rings. The van der Waals surface area contributed by atoms with Crippen LogP contribution in [0.15, 0.2) is 194 Å². The van der Waals surface area contributed by atoms with Gasteiger partial charge in [0.25, 0.3) is 0 Å². The average molecular weight is 745 g/mol. The van der Waals surface area contributed by atoms with Crippen LogP contribution in [0.2, 0.25) is 0 Å². The largest absolute Gasteiger partial charge is 0.309 e. The Kier molecular flexibility index (Phi) is 7.06. The Hall–Kier alpha value is -7.34. The summed E-state index contributed by atoms with van der Waals surface area (Å²) < 4.78 is 7.33. The lowest BCUT2D eigenvalue weighted by molar-refractivity contribution is 1.05. The van der Waals surface area contributed by atoms with Crippen LogP contribution in [0.3, 0.4) is 0 Å². The first-order valence-corrected chi connectivity index (χ1v) is 20.1. The molecule has 5 heteroatoms. The molecule has 0 N–H and O–H groups in total. The van der Waals surface area contributed by atoms with E-state index in [2.05, 4.69) is 179 Å². The van der Waals surface area contributed by atoms with Crippen LogP contribution in [0.25, 0.3) is 109 Å². The number of aromatic nitrogens is 4. The standard InChI is InChI=1S/C52H32N4S/c1-4-14-33(15-5-1)34-24-26-37(27-25-34)55-43-23-13-11-21-40(43)48-44(55)29-31-45-49(48)50-46(57-45)30-28-39-38-20-10-12-22-42(38)56(51(39)50)47-32-41(35-16-6-2-7-17-35)53-52(54-47)36-18-8-3-9-19-36/h1-32H. The van der Waals surface area contributed by atoms with Crippen LogP contribution in [0.5, 0.6) is 0 Å². The summed E-state index contributed by atoms with van der Waals surface area (Å²) in [6, 6.07) is 69.3. The molecule has 0 unspecified atom stereocenters. The number of nitrogens with zero attached hydrogens (tertiary/aromatic N) is 4. The van der Waals surface area contributed by atoms with Crippen LogP contribution in [-0.4, -0.2) is 19.1 Å². The molecule has 266 valence electrons. The predicted molar refractivity (Wildman–Crippen MR) is 240 cm³/mol. The Morgan fingerprint density at radius 2 is 0.947 bits per heavy atom. The fourth-order valence-corrected chi connectivity index (χ4v) is 9.95. The number of hydrogen-bond donors (Lipinski definition) is 0. The monoisotopic (exact) mass is 744 g/mol. The van der Waals surface area contributed by atoms with Gasteiger partial charge in [-0.1, -0.05) is 146 Å². The molecule has 0 saturated heterocycles. The van der Waals surface area contributed by atoms with Gasteiger partial charge in [-0.05, 0) is 53.6 Å². The highest BCUT2D eigenvalue weighted by Crippen LogP contribution is 2.48. The molecule has 0 amide bonds. The maximum absolute atomic E-state index is 5.38. The topological polar surface area (TPSA) is 35.6 Å². The molecule has 4 nitrogen and oxygen atoms in total. The number of benzene rings is 8. The fraction of sp³-hybridized carbons (Fsp3) is 0. The maximum atomic E-state index is 5.38.